The van der Waals surface area contributed by atoms with Crippen LogP contribution in [0.4, 0.5) is 4.39 Å². The number of likely N-dealkylation sites (tertiary alicyclic amines) is 1. The Balaban J connectivity index is 2.04. The fourth-order valence-electron chi connectivity index (χ4n) is 2.59. The maximum Gasteiger partial charge on any atom is 0.123 e. The van der Waals surface area contributed by atoms with Gasteiger partial charge in [-0.1, -0.05) is 18.6 Å². The number of nitrogens with zero attached hydrogens (tertiary/aromatic N) is 1. The predicted molar refractivity (Wildman–Crippen MR) is 64.7 cm³/mol. The first-order valence-corrected chi connectivity index (χ1v) is 6.17. The van der Waals surface area contributed by atoms with Crippen molar-refractivity contribution in [2.75, 3.05) is 0 Å². The zero-order valence-corrected chi connectivity index (χ0v) is 10.1. The van der Waals surface area contributed by atoms with E-state index in [4.69, 9.17) is 0 Å². The summed E-state index contributed by atoms with van der Waals surface area (Å²) in [5.41, 5.74) is 1.21. The number of piperidine rings is 1. The van der Waals surface area contributed by atoms with E-state index in [-0.39, 0.29) is 5.82 Å². The third kappa shape index (κ3) is 2.62. The minimum absolute atomic E-state index is 0.150. The van der Waals surface area contributed by atoms with Gasteiger partial charge in [-0.15, -0.1) is 0 Å². The molecule has 1 aliphatic rings. The molecule has 2 rings (SSSR count). The van der Waals surface area contributed by atoms with Crippen molar-refractivity contribution in [2.45, 2.75) is 51.7 Å². The summed E-state index contributed by atoms with van der Waals surface area (Å²) < 4.78 is 12.8. The van der Waals surface area contributed by atoms with Crippen molar-refractivity contribution in [3.05, 3.63) is 35.6 Å². The Hall–Kier alpha value is -0.890. The topological polar surface area (TPSA) is 3.24 Å². The second kappa shape index (κ2) is 4.96. The molecule has 0 amide bonds. The van der Waals surface area contributed by atoms with E-state index in [2.05, 4.69) is 18.7 Å². The molecule has 88 valence electrons. The normalized spacial score (nSPS) is 26.9. The van der Waals surface area contributed by atoms with Gasteiger partial charge in [-0.05, 0) is 44.4 Å². The number of hydrogen-bond donors (Lipinski definition) is 0. The molecule has 1 heterocycles. The molecule has 0 saturated carbocycles. The second-order valence-electron chi connectivity index (χ2n) is 4.93. The molecule has 0 bridgehead atoms. The molecule has 1 saturated heterocycles. The zero-order valence-electron chi connectivity index (χ0n) is 10.1. The number of halogens is 1. The van der Waals surface area contributed by atoms with Crippen LogP contribution < -0.4 is 0 Å². The molecule has 2 atom stereocenters. The van der Waals surface area contributed by atoms with Crippen molar-refractivity contribution < 1.29 is 4.39 Å². The molecule has 0 spiro atoms. The molecule has 2 unspecified atom stereocenters. The van der Waals surface area contributed by atoms with E-state index in [1.807, 2.05) is 12.1 Å². The molecule has 0 aliphatic carbocycles. The predicted octanol–water partition coefficient (Wildman–Crippen LogP) is 3.59. The van der Waals surface area contributed by atoms with Crippen molar-refractivity contribution in [2.24, 2.45) is 0 Å². The number of hydrogen-bond acceptors (Lipinski definition) is 1. The molecule has 1 fully saturated rings. The highest BCUT2D eigenvalue weighted by Crippen LogP contribution is 2.24. The van der Waals surface area contributed by atoms with Gasteiger partial charge in [-0.2, -0.15) is 0 Å². The minimum atomic E-state index is -0.150. The van der Waals surface area contributed by atoms with Crippen LogP contribution in [0.1, 0.15) is 38.7 Å². The lowest BCUT2D eigenvalue weighted by Gasteiger charge is -2.39. The van der Waals surface area contributed by atoms with E-state index in [1.54, 1.807) is 12.1 Å². The van der Waals surface area contributed by atoms with Gasteiger partial charge in [0.15, 0.2) is 0 Å². The molecule has 0 radical (unpaired) electrons. The molecule has 16 heavy (non-hydrogen) atoms. The fourth-order valence-corrected chi connectivity index (χ4v) is 2.59. The Morgan fingerprint density at radius 3 is 2.25 bits per heavy atom. The van der Waals surface area contributed by atoms with Gasteiger partial charge in [0.05, 0.1) is 0 Å². The summed E-state index contributed by atoms with van der Waals surface area (Å²) in [6, 6.07) is 8.18. The summed E-state index contributed by atoms with van der Waals surface area (Å²) in [7, 11) is 0. The van der Waals surface area contributed by atoms with Crippen molar-refractivity contribution >= 4 is 0 Å². The lowest BCUT2D eigenvalue weighted by molar-refractivity contribution is 0.0952. The third-order valence-electron chi connectivity index (χ3n) is 3.65. The Labute approximate surface area is 97.3 Å². The maximum atomic E-state index is 12.8. The average Bonchev–Trinajstić information content (AvgIpc) is 2.26. The summed E-state index contributed by atoms with van der Waals surface area (Å²) >= 11 is 0. The van der Waals surface area contributed by atoms with Crippen LogP contribution >= 0.6 is 0 Å². The van der Waals surface area contributed by atoms with Crippen molar-refractivity contribution in [3.63, 3.8) is 0 Å². The van der Waals surface area contributed by atoms with E-state index in [1.165, 1.54) is 24.8 Å². The smallest absolute Gasteiger partial charge is 0.123 e. The number of benzene rings is 1. The summed E-state index contributed by atoms with van der Waals surface area (Å²) in [6.07, 6.45) is 3.90. The van der Waals surface area contributed by atoms with Gasteiger partial charge < -0.3 is 0 Å². The van der Waals surface area contributed by atoms with E-state index < -0.39 is 0 Å². The minimum Gasteiger partial charge on any atom is -0.294 e. The molecule has 1 aromatic carbocycles. The van der Waals surface area contributed by atoms with E-state index in [9.17, 15) is 4.39 Å². The van der Waals surface area contributed by atoms with Gasteiger partial charge in [0.25, 0.3) is 0 Å². The first-order chi connectivity index (χ1) is 7.66. The molecular weight excluding hydrogens is 201 g/mol. The monoisotopic (exact) mass is 221 g/mol. The average molecular weight is 221 g/mol. The fraction of sp³-hybridized carbons (Fsp3) is 0.571. The largest absolute Gasteiger partial charge is 0.294 e. The maximum absolute atomic E-state index is 12.8. The van der Waals surface area contributed by atoms with Gasteiger partial charge in [0, 0.05) is 18.6 Å². The van der Waals surface area contributed by atoms with Crippen LogP contribution in [-0.4, -0.2) is 17.0 Å². The summed E-state index contributed by atoms with van der Waals surface area (Å²) in [4.78, 5) is 2.52. The highest BCUT2D eigenvalue weighted by molar-refractivity contribution is 5.16. The first kappa shape index (κ1) is 11.6. The standard InChI is InChI=1S/C14H20FN/c1-11-4-3-5-12(2)16(11)10-13-6-8-14(15)9-7-13/h6-9,11-12H,3-5,10H2,1-2H3. The first-order valence-electron chi connectivity index (χ1n) is 6.17. The second-order valence-corrected chi connectivity index (χ2v) is 4.93. The van der Waals surface area contributed by atoms with Crippen LogP contribution in [0.3, 0.4) is 0 Å². The van der Waals surface area contributed by atoms with Gasteiger partial charge in [0.2, 0.25) is 0 Å². The van der Waals surface area contributed by atoms with Gasteiger partial charge in [0.1, 0.15) is 5.82 Å². The molecule has 1 aromatic rings. The lowest BCUT2D eigenvalue weighted by atomic mass is 9.97. The van der Waals surface area contributed by atoms with Gasteiger partial charge in [-0.3, -0.25) is 4.90 Å². The Kier molecular flexibility index (Phi) is 3.59. The van der Waals surface area contributed by atoms with E-state index in [0.29, 0.717) is 12.1 Å². The zero-order chi connectivity index (χ0) is 11.5. The Morgan fingerprint density at radius 2 is 1.69 bits per heavy atom. The molecule has 0 aromatic heterocycles. The van der Waals surface area contributed by atoms with Gasteiger partial charge in [-0.25, -0.2) is 4.39 Å². The van der Waals surface area contributed by atoms with Crippen LogP contribution in [0, 0.1) is 5.82 Å². The van der Waals surface area contributed by atoms with Crippen LogP contribution in [0.2, 0.25) is 0 Å². The Bertz CT molecular complexity index is 323. The van der Waals surface area contributed by atoms with Crippen LogP contribution in [0.15, 0.2) is 24.3 Å². The highest BCUT2D eigenvalue weighted by atomic mass is 19.1. The van der Waals surface area contributed by atoms with Gasteiger partial charge >= 0.3 is 0 Å². The molecule has 1 nitrogen and oxygen atoms in total. The van der Waals surface area contributed by atoms with Crippen LogP contribution in [0.25, 0.3) is 0 Å². The number of rotatable bonds is 2. The SMILES string of the molecule is CC1CCCC(C)N1Cc1ccc(F)cc1. The van der Waals surface area contributed by atoms with E-state index in [0.717, 1.165) is 6.54 Å². The molecule has 2 heteroatoms. The summed E-state index contributed by atoms with van der Waals surface area (Å²) in [5.74, 6) is -0.150. The summed E-state index contributed by atoms with van der Waals surface area (Å²) in [6.45, 7) is 5.53. The third-order valence-corrected chi connectivity index (χ3v) is 3.65. The van der Waals surface area contributed by atoms with Crippen molar-refractivity contribution in [1.29, 1.82) is 0 Å². The molecule has 0 N–H and O–H groups in total. The summed E-state index contributed by atoms with van der Waals surface area (Å²) in [5, 5.41) is 0. The Morgan fingerprint density at radius 1 is 1.12 bits per heavy atom. The lowest BCUT2D eigenvalue weighted by Crippen LogP contribution is -2.42. The van der Waals surface area contributed by atoms with Crippen molar-refractivity contribution in [3.8, 4) is 0 Å². The van der Waals surface area contributed by atoms with E-state index >= 15 is 0 Å². The molecular formula is C14H20FN. The van der Waals surface area contributed by atoms with Crippen molar-refractivity contribution in [1.82, 2.24) is 4.90 Å². The molecule has 1 aliphatic heterocycles. The quantitative estimate of drug-likeness (QED) is 0.737. The van der Waals surface area contributed by atoms with Crippen LogP contribution in [0.5, 0.6) is 0 Å². The highest BCUT2D eigenvalue weighted by Gasteiger charge is 2.24. The van der Waals surface area contributed by atoms with Crippen LogP contribution in [-0.2, 0) is 6.54 Å².